The lowest BCUT2D eigenvalue weighted by molar-refractivity contribution is -0.161. The maximum Gasteiger partial charge on any atom is 0.422 e. The number of esters is 2. The van der Waals surface area contributed by atoms with Crippen molar-refractivity contribution in [1.82, 2.24) is 24.5 Å². The first-order chi connectivity index (χ1) is 68.3. The zero-order valence-electron chi connectivity index (χ0n) is 89.9. The van der Waals surface area contributed by atoms with E-state index >= 15 is 0 Å². The van der Waals surface area contributed by atoms with Gasteiger partial charge in [0.05, 0.1) is 80.3 Å². The fourth-order valence-electron chi connectivity index (χ4n) is 24.1. The standard InChI is InChI=1S/C27H42N2O4.C25H40N2O4.2C22H33NO3.C20H28F3NO3/c1-16(2)10-20-14-29-9-8-19-11-25(32-15-18-6-7-18)24(31-5)12-21(19)22(29)13-23(20)33-27(30)26(28)17(3)4;1-7-30-23-11-17-8-9-27-14-18(10-15(2)3)21(31-25(28)24(26)16(4)5)13-20(27)19(17)12-22(23)29-6;2*1-14(2)8-17-12-23-7-6-16-9-22(26-13-15-4-5-15)21(25-3)10-18(16)19(23)11-20(17)24;1-12(2)6-14-10-24-5-4-13-7-19(27-11-20(21,22)23)18(26-3)8-15(13)16(24)9-17(14)25/h11-12,16-18,20,22-23,26H,6-10,13-15,28H2,1-5H3;11-12,15-16,18,20-21,24H,7-10,13-14,26H2,1-6H3;2*9-10,14-15,17,19-20,24H,4-8,11-13H2,1-3H3;7-8,12,14,16-17,25H,4-6,9-11H2,1-3H3/t20-,22-,23-,26+;18-,20-,21-,24+;2*17-,19-,20-;14-,16-,17-/m11100/s1. The van der Waals surface area contributed by atoms with Crippen molar-refractivity contribution in [3.05, 3.63) is 116 Å². The summed E-state index contributed by atoms with van der Waals surface area (Å²) in [5.41, 5.74) is 24.8. The predicted octanol–water partition coefficient (Wildman–Crippen LogP) is 19.9. The van der Waals surface area contributed by atoms with Crippen molar-refractivity contribution in [1.29, 1.82) is 0 Å². The normalized spacial score (nSPS) is 26.6. The fourth-order valence-corrected chi connectivity index (χ4v) is 24.1. The second kappa shape index (κ2) is 50.2. The van der Waals surface area contributed by atoms with E-state index in [2.05, 4.69) is 142 Å². The number of methoxy groups -OCH3 is 5. The molecular weight excluding hydrogens is 1820 g/mol. The van der Waals surface area contributed by atoms with Crippen LogP contribution < -0.4 is 58.8 Å². The van der Waals surface area contributed by atoms with E-state index in [0.29, 0.717) is 90.0 Å². The van der Waals surface area contributed by atoms with Gasteiger partial charge in [0.1, 0.15) is 24.3 Å². The van der Waals surface area contributed by atoms with Crippen molar-refractivity contribution in [3.63, 3.8) is 0 Å². The Labute approximate surface area is 852 Å². The second-order valence-electron chi connectivity index (χ2n) is 46.7. The number of aliphatic hydroxyl groups excluding tert-OH is 3. The van der Waals surface area contributed by atoms with Crippen molar-refractivity contribution >= 4 is 11.9 Å². The fraction of sp³-hybridized carbons (Fsp3) is 0.724. The third-order valence-electron chi connectivity index (χ3n) is 32.4. The molecule has 27 heteroatoms. The first-order valence-electron chi connectivity index (χ1n) is 54.7. The lowest BCUT2D eigenvalue weighted by atomic mass is 9.79. The summed E-state index contributed by atoms with van der Waals surface area (Å²) in [6.07, 6.45) is 16.3. The van der Waals surface area contributed by atoms with Crippen LogP contribution in [0.15, 0.2) is 60.7 Å². The minimum atomic E-state index is -4.39. The van der Waals surface area contributed by atoms with Gasteiger partial charge in [-0.1, -0.05) is 96.9 Å². The minimum Gasteiger partial charge on any atom is -0.493 e. The van der Waals surface area contributed by atoms with E-state index in [1.807, 2.05) is 34.6 Å². The number of rotatable bonds is 34. The molecule has 5 aromatic rings. The third kappa shape index (κ3) is 29.1. The number of hydrogen-bond acceptors (Lipinski definition) is 24. The van der Waals surface area contributed by atoms with Gasteiger partial charge in [0.15, 0.2) is 64.1 Å². The minimum absolute atomic E-state index is 0.0628. The van der Waals surface area contributed by atoms with Crippen LogP contribution in [0.2, 0.25) is 0 Å². The summed E-state index contributed by atoms with van der Waals surface area (Å²) in [5, 5.41) is 32.1. The van der Waals surface area contributed by atoms with E-state index in [9.17, 15) is 38.1 Å². The summed E-state index contributed by atoms with van der Waals surface area (Å²) in [6.45, 7) is 43.5. The predicted molar refractivity (Wildman–Crippen MR) is 554 cm³/mol. The quantitative estimate of drug-likeness (QED) is 0.0239. The van der Waals surface area contributed by atoms with Gasteiger partial charge in [-0.25, -0.2) is 0 Å². The van der Waals surface area contributed by atoms with Gasteiger partial charge in [0, 0.05) is 120 Å². The number of aliphatic hydroxyl groups is 3. The molecule has 3 aliphatic carbocycles. The van der Waals surface area contributed by atoms with Crippen LogP contribution in [0, 0.1) is 88.8 Å². The van der Waals surface area contributed by atoms with Crippen LogP contribution in [-0.4, -0.2) is 235 Å². The molecule has 24 nitrogen and oxygen atoms in total. The highest BCUT2D eigenvalue weighted by atomic mass is 19.4. The average molecular weight is 2000 g/mol. The van der Waals surface area contributed by atoms with Gasteiger partial charge < -0.3 is 83.6 Å². The molecule has 0 radical (unpaired) electrons. The van der Waals surface area contributed by atoms with E-state index in [1.165, 1.54) is 90.1 Å². The molecule has 10 aliphatic heterocycles. The number of nitrogens with zero attached hydrogens (tertiary/aromatic N) is 5. The Morgan fingerprint density at radius 3 is 0.797 bits per heavy atom. The summed E-state index contributed by atoms with van der Waals surface area (Å²) in [5.74, 6) is 13.5. The first-order valence-corrected chi connectivity index (χ1v) is 54.7. The number of carbonyl (C=O) groups is 2. The summed E-state index contributed by atoms with van der Waals surface area (Å²) < 4.78 is 107. The number of fused-ring (bicyclic) bond motifs is 15. The molecule has 3 saturated carbocycles. The molecule has 13 aliphatic rings. The Bertz CT molecular complexity index is 4830. The number of carbonyl (C=O) groups excluding carboxylic acids is 2. The van der Waals surface area contributed by atoms with Crippen LogP contribution in [-0.2, 0) is 51.2 Å². The molecule has 10 heterocycles. The van der Waals surface area contributed by atoms with E-state index in [1.54, 1.807) is 40.6 Å². The maximum absolute atomic E-state index is 12.8. The molecule has 7 N–H and O–H groups in total. The first kappa shape index (κ1) is 111. The molecule has 18 rings (SSSR count). The van der Waals surface area contributed by atoms with Crippen molar-refractivity contribution in [2.24, 2.45) is 100 Å². The second-order valence-corrected chi connectivity index (χ2v) is 46.7. The molecule has 798 valence electrons. The SMILES string of the molecule is CCOc1cc2c(cc1OC)[C@H]1C[C@@H](OC(=O)[C@@H](N)C(C)C)[C@H](CC(C)C)CN1CC2.COc1cc2c(cc1OCC(F)(F)F)CCN1C[C@H](CC(C)C)[C@@H](O)C[C@@H]21.COc1cc2c(cc1OCC1CC1)CCN1C[C@@H](CC(C)C)[C@H](O)C[C@H]21.COc1cc2c(cc1OCC1CC1)CCN1C[C@@H](CC(C)C)[C@H](OC(=O)[C@@H](N)C(C)C)C[C@H]21.COc1cc2c(cc1OCC1CC1)CCN1C[C@H](CC(C)C)[C@@H](O)C[C@@H]21. The van der Waals surface area contributed by atoms with Crippen molar-refractivity contribution in [2.45, 2.75) is 318 Å². The van der Waals surface area contributed by atoms with Crippen molar-refractivity contribution in [3.8, 4) is 57.5 Å². The lowest BCUT2D eigenvalue weighted by Gasteiger charge is -2.47. The monoisotopic (exact) mass is 2000 g/mol. The van der Waals surface area contributed by atoms with E-state index < -0.39 is 24.9 Å². The van der Waals surface area contributed by atoms with Crippen molar-refractivity contribution in [2.75, 3.05) is 134 Å². The van der Waals surface area contributed by atoms with Gasteiger partial charge in [-0.05, 0) is 322 Å². The van der Waals surface area contributed by atoms with Crippen molar-refractivity contribution < 1.29 is 94.9 Å². The molecule has 8 fully saturated rings. The average Bonchev–Trinajstić information content (AvgIpc) is 1.56. The molecule has 0 unspecified atom stereocenters. The Balaban J connectivity index is 0.000000142. The van der Waals surface area contributed by atoms with E-state index in [-0.39, 0.29) is 84.1 Å². The number of piperidine rings is 5. The highest BCUT2D eigenvalue weighted by molar-refractivity contribution is 5.76. The summed E-state index contributed by atoms with van der Waals surface area (Å²) in [6, 6.07) is 20.7. The van der Waals surface area contributed by atoms with Gasteiger partial charge >= 0.3 is 18.1 Å². The highest BCUT2D eigenvalue weighted by Crippen LogP contribution is 2.53. The highest BCUT2D eigenvalue weighted by Gasteiger charge is 2.48. The summed E-state index contributed by atoms with van der Waals surface area (Å²) in [4.78, 5) is 38.1. The number of alkyl halides is 3. The summed E-state index contributed by atoms with van der Waals surface area (Å²) >= 11 is 0. The Hall–Kier alpha value is -7.57. The number of benzene rings is 5. The number of ether oxygens (including phenoxy) is 12. The number of nitrogens with two attached hydrogens (primary N) is 2. The lowest BCUT2D eigenvalue weighted by Crippen LogP contribution is -2.51. The zero-order valence-corrected chi connectivity index (χ0v) is 89.9. The van der Waals surface area contributed by atoms with Gasteiger partial charge in [0.25, 0.3) is 0 Å². The molecular formula is C116H176F3N7O17. The van der Waals surface area contributed by atoms with Gasteiger partial charge in [-0.3, -0.25) is 34.1 Å². The Kier molecular flexibility index (Phi) is 39.0. The number of halogens is 3. The van der Waals surface area contributed by atoms with Crippen LogP contribution in [0.5, 0.6) is 57.5 Å². The smallest absolute Gasteiger partial charge is 0.422 e. The molecule has 143 heavy (non-hydrogen) atoms. The molecule has 0 spiro atoms. The number of hydrogen-bond donors (Lipinski definition) is 5. The molecule has 5 saturated heterocycles. The zero-order chi connectivity index (χ0) is 103. The van der Waals surface area contributed by atoms with Gasteiger partial charge in [-0.15, -0.1) is 0 Å². The maximum atomic E-state index is 12.8. The van der Waals surface area contributed by atoms with Crippen LogP contribution in [0.4, 0.5) is 13.2 Å². The third-order valence-corrected chi connectivity index (χ3v) is 32.4. The van der Waals surface area contributed by atoms with Crippen LogP contribution in [0.1, 0.15) is 292 Å². The molecule has 0 amide bonds. The summed E-state index contributed by atoms with van der Waals surface area (Å²) in [7, 11) is 8.27. The largest absolute Gasteiger partial charge is 0.493 e. The Morgan fingerprint density at radius 1 is 0.343 bits per heavy atom. The van der Waals surface area contributed by atoms with Crippen LogP contribution >= 0.6 is 0 Å². The molecule has 17 atom stereocenters. The molecule has 0 bridgehead atoms. The van der Waals surface area contributed by atoms with E-state index in [4.69, 9.17) is 68.3 Å². The molecule has 0 aromatic heterocycles. The van der Waals surface area contributed by atoms with Gasteiger partial charge in [-0.2, -0.15) is 13.2 Å². The molecule has 5 aromatic carbocycles. The van der Waals surface area contributed by atoms with Gasteiger partial charge in [0.2, 0.25) is 0 Å². The van der Waals surface area contributed by atoms with Crippen LogP contribution in [0.3, 0.4) is 0 Å². The topological polar surface area (TPSA) is 274 Å². The Morgan fingerprint density at radius 2 is 0.573 bits per heavy atom. The van der Waals surface area contributed by atoms with Crippen LogP contribution in [0.25, 0.3) is 0 Å². The van der Waals surface area contributed by atoms with E-state index in [0.717, 1.165) is 244 Å².